The van der Waals surface area contributed by atoms with Crippen LogP contribution in [-0.4, -0.2) is 41.5 Å². The first-order chi connectivity index (χ1) is 10.1. The molecule has 0 saturated heterocycles. The number of pyridine rings is 1. The maximum Gasteiger partial charge on any atom is 0.313 e. The second-order valence-corrected chi connectivity index (χ2v) is 5.20. The highest BCUT2D eigenvalue weighted by atomic mass is 32.2. The smallest absolute Gasteiger partial charge is 0.313 e. The summed E-state index contributed by atoms with van der Waals surface area (Å²) < 4.78 is 6.81. The van der Waals surface area contributed by atoms with Crippen molar-refractivity contribution in [3.63, 3.8) is 0 Å². The molecule has 0 spiro atoms. The Labute approximate surface area is 123 Å². The van der Waals surface area contributed by atoms with Crippen molar-refractivity contribution < 1.29 is 14.4 Å². The third-order valence-corrected chi connectivity index (χ3v) is 3.67. The Hall–Kier alpha value is -2.42. The Morgan fingerprint density at radius 2 is 2.33 bits per heavy atom. The fraction of sp³-hybridized carbons (Fsp3) is 0.250. The number of carboxylic acid groups (broad SMARTS) is 1. The van der Waals surface area contributed by atoms with Gasteiger partial charge in [0.2, 0.25) is 5.89 Å². The van der Waals surface area contributed by atoms with E-state index in [0.29, 0.717) is 28.9 Å². The maximum absolute atomic E-state index is 10.8. The van der Waals surface area contributed by atoms with Crippen molar-refractivity contribution in [2.75, 3.05) is 5.75 Å². The van der Waals surface area contributed by atoms with Crippen molar-refractivity contribution in [2.45, 2.75) is 18.6 Å². The molecule has 0 unspecified atom stereocenters. The zero-order valence-corrected chi connectivity index (χ0v) is 11.9. The number of hydrogen-bond acceptors (Lipinski definition) is 7. The van der Waals surface area contributed by atoms with Gasteiger partial charge in [-0.15, -0.1) is 0 Å². The average Bonchev–Trinajstić information content (AvgIpc) is 3.01. The van der Waals surface area contributed by atoms with E-state index in [0.717, 1.165) is 17.3 Å². The molecule has 21 heavy (non-hydrogen) atoms. The molecule has 3 aromatic rings. The molecule has 108 valence electrons. The van der Waals surface area contributed by atoms with E-state index in [2.05, 4.69) is 20.1 Å². The zero-order chi connectivity index (χ0) is 14.8. The van der Waals surface area contributed by atoms with Gasteiger partial charge in [-0.3, -0.25) is 9.78 Å². The molecule has 3 aromatic heterocycles. The Morgan fingerprint density at radius 1 is 1.48 bits per heavy atom. The minimum absolute atomic E-state index is 0.0674. The number of thioether (sulfide) groups is 1. The molecule has 1 N–H and O–H groups in total. The molecule has 3 rings (SSSR count). The predicted molar refractivity (Wildman–Crippen MR) is 74.0 cm³/mol. The highest BCUT2D eigenvalue weighted by Crippen LogP contribution is 2.24. The summed E-state index contributed by atoms with van der Waals surface area (Å²) >= 11 is 1.15. The summed E-state index contributed by atoms with van der Waals surface area (Å²) in [5.41, 5.74) is 1.55. The van der Waals surface area contributed by atoms with E-state index in [-0.39, 0.29) is 5.75 Å². The lowest BCUT2D eigenvalue weighted by Crippen LogP contribution is -2.05. The van der Waals surface area contributed by atoms with Crippen LogP contribution in [0.25, 0.3) is 11.0 Å². The first-order valence-corrected chi connectivity index (χ1v) is 7.06. The van der Waals surface area contributed by atoms with Crippen LogP contribution in [0.1, 0.15) is 11.7 Å². The second kappa shape index (κ2) is 5.52. The monoisotopic (exact) mass is 305 g/mol. The number of aromatic nitrogens is 5. The van der Waals surface area contributed by atoms with Crippen molar-refractivity contribution in [1.82, 2.24) is 24.7 Å². The molecular weight excluding hydrogens is 294 g/mol. The van der Waals surface area contributed by atoms with Gasteiger partial charge in [0, 0.05) is 13.1 Å². The van der Waals surface area contributed by atoms with Crippen molar-refractivity contribution in [3.05, 3.63) is 30.2 Å². The summed E-state index contributed by atoms with van der Waals surface area (Å²) in [6.07, 6.45) is 3.30. The lowest BCUT2D eigenvalue weighted by atomic mass is 10.4. The third-order valence-electron chi connectivity index (χ3n) is 2.71. The largest absolute Gasteiger partial charge is 0.481 e. The molecule has 0 amide bonds. The highest BCUT2D eigenvalue weighted by molar-refractivity contribution is 7.99. The van der Waals surface area contributed by atoms with Crippen molar-refractivity contribution in [1.29, 1.82) is 0 Å². The van der Waals surface area contributed by atoms with Gasteiger partial charge in [0.25, 0.3) is 0 Å². The number of rotatable bonds is 5. The van der Waals surface area contributed by atoms with E-state index in [4.69, 9.17) is 9.63 Å². The van der Waals surface area contributed by atoms with E-state index < -0.39 is 5.97 Å². The molecule has 0 atom stereocenters. The van der Waals surface area contributed by atoms with E-state index in [1.165, 1.54) is 0 Å². The summed E-state index contributed by atoms with van der Waals surface area (Å²) in [6.45, 7) is 2.08. The minimum Gasteiger partial charge on any atom is -0.481 e. The van der Waals surface area contributed by atoms with Crippen LogP contribution in [-0.2, 0) is 11.3 Å². The molecule has 0 saturated carbocycles. The fourth-order valence-electron chi connectivity index (χ4n) is 1.90. The number of hydrogen-bond donors (Lipinski definition) is 1. The number of fused-ring (bicyclic) bond motifs is 1. The number of carbonyl (C=O) groups is 1. The number of carboxylic acids is 1. The highest BCUT2D eigenvalue weighted by Gasteiger charge is 2.15. The number of nitrogens with zero attached hydrogens (tertiary/aromatic N) is 5. The van der Waals surface area contributed by atoms with Gasteiger partial charge >= 0.3 is 5.97 Å². The molecule has 0 aliphatic rings. The van der Waals surface area contributed by atoms with Gasteiger partial charge in [-0.25, -0.2) is 4.98 Å². The molecule has 0 radical (unpaired) electrons. The van der Waals surface area contributed by atoms with E-state index in [1.807, 2.05) is 10.6 Å². The molecule has 3 heterocycles. The summed E-state index contributed by atoms with van der Waals surface area (Å²) in [5, 5.41) is 13.3. The molecule has 8 nitrogen and oxygen atoms in total. The Balaban J connectivity index is 2.00. The van der Waals surface area contributed by atoms with Crippen LogP contribution >= 0.6 is 11.8 Å². The van der Waals surface area contributed by atoms with Crippen LogP contribution < -0.4 is 0 Å². The predicted octanol–water partition coefficient (Wildman–Crippen LogP) is 1.35. The van der Waals surface area contributed by atoms with Crippen molar-refractivity contribution in [2.24, 2.45) is 0 Å². The van der Waals surface area contributed by atoms with Crippen LogP contribution in [0, 0.1) is 6.92 Å². The average molecular weight is 305 g/mol. The van der Waals surface area contributed by atoms with E-state index in [1.54, 1.807) is 19.3 Å². The van der Waals surface area contributed by atoms with Gasteiger partial charge in [-0.1, -0.05) is 16.9 Å². The van der Waals surface area contributed by atoms with Crippen LogP contribution in [0.5, 0.6) is 0 Å². The molecule has 0 aliphatic carbocycles. The SMILES string of the molecule is Cc1nc(Cn2c(SCC(=O)O)nc3cnccc32)no1. The van der Waals surface area contributed by atoms with Gasteiger partial charge in [0.1, 0.15) is 5.52 Å². The first-order valence-electron chi connectivity index (χ1n) is 6.07. The standard InChI is InChI=1S/C12H11N5O3S/c1-7-14-10(16-20-7)5-17-9-2-3-13-4-8(9)15-12(17)21-6-11(18)19/h2-4H,5-6H2,1H3,(H,18,19). The van der Waals surface area contributed by atoms with Crippen LogP contribution in [0.2, 0.25) is 0 Å². The third kappa shape index (κ3) is 2.87. The summed E-state index contributed by atoms with van der Waals surface area (Å²) in [7, 11) is 0. The van der Waals surface area contributed by atoms with Crippen LogP contribution in [0.4, 0.5) is 0 Å². The van der Waals surface area contributed by atoms with E-state index in [9.17, 15) is 4.79 Å². The molecule has 9 heteroatoms. The number of aryl methyl sites for hydroxylation is 1. The lowest BCUT2D eigenvalue weighted by Gasteiger charge is -2.04. The van der Waals surface area contributed by atoms with Gasteiger partial charge in [0.15, 0.2) is 11.0 Å². The van der Waals surface area contributed by atoms with Gasteiger partial charge in [0.05, 0.1) is 24.0 Å². The van der Waals surface area contributed by atoms with Crippen LogP contribution in [0.3, 0.4) is 0 Å². The summed E-state index contributed by atoms with van der Waals surface area (Å²) in [4.78, 5) is 23.3. The molecule has 0 aliphatic heterocycles. The second-order valence-electron chi connectivity index (χ2n) is 4.26. The molecular formula is C12H11N5O3S. The topological polar surface area (TPSA) is 107 Å². The van der Waals surface area contributed by atoms with Gasteiger partial charge < -0.3 is 14.2 Å². The Bertz CT molecular complexity index is 797. The minimum atomic E-state index is -0.896. The first kappa shape index (κ1) is 13.6. The normalized spacial score (nSPS) is 11.1. The Kier molecular flexibility index (Phi) is 3.57. The maximum atomic E-state index is 10.8. The van der Waals surface area contributed by atoms with Crippen molar-refractivity contribution in [3.8, 4) is 0 Å². The quantitative estimate of drug-likeness (QED) is 0.704. The zero-order valence-electron chi connectivity index (χ0n) is 11.1. The Morgan fingerprint density at radius 3 is 3.05 bits per heavy atom. The molecule has 0 fully saturated rings. The fourth-order valence-corrected chi connectivity index (χ4v) is 2.63. The summed E-state index contributed by atoms with van der Waals surface area (Å²) in [5.74, 6) is 0.0333. The number of imidazole rings is 1. The summed E-state index contributed by atoms with van der Waals surface area (Å²) in [6, 6.07) is 1.82. The molecule has 0 bridgehead atoms. The lowest BCUT2D eigenvalue weighted by molar-refractivity contribution is -0.133. The van der Waals surface area contributed by atoms with Crippen molar-refractivity contribution >= 4 is 28.8 Å². The van der Waals surface area contributed by atoms with Gasteiger partial charge in [-0.2, -0.15) is 4.98 Å². The molecule has 0 aromatic carbocycles. The van der Waals surface area contributed by atoms with E-state index >= 15 is 0 Å². The van der Waals surface area contributed by atoms with Crippen LogP contribution in [0.15, 0.2) is 28.1 Å². The number of aliphatic carboxylic acids is 1. The van der Waals surface area contributed by atoms with Gasteiger partial charge in [-0.05, 0) is 6.07 Å².